The van der Waals surface area contributed by atoms with Crippen LogP contribution >= 0.6 is 0 Å². The first-order valence-corrected chi connectivity index (χ1v) is 5.51. The second kappa shape index (κ2) is 6.27. The molecule has 2 N–H and O–H groups in total. The van der Waals surface area contributed by atoms with E-state index < -0.39 is 0 Å². The Hall–Kier alpha value is -1.36. The molecule has 0 spiro atoms. The number of rotatable bonds is 5. The fourth-order valence-electron chi connectivity index (χ4n) is 1.84. The molecule has 0 aromatic carbocycles. The van der Waals surface area contributed by atoms with Crippen LogP contribution in [0, 0.1) is 0 Å². The van der Waals surface area contributed by atoms with Crippen LogP contribution in [0.15, 0.2) is 12.2 Å². The van der Waals surface area contributed by atoms with Gasteiger partial charge in [0.25, 0.3) is 0 Å². The van der Waals surface area contributed by atoms with E-state index in [4.69, 9.17) is 10.5 Å². The maximum absolute atomic E-state index is 11.1. The lowest BCUT2D eigenvalue weighted by atomic mass is 10.2. The van der Waals surface area contributed by atoms with Gasteiger partial charge in [-0.1, -0.05) is 6.08 Å². The molecule has 0 aromatic heterocycles. The first-order chi connectivity index (χ1) is 7.65. The van der Waals surface area contributed by atoms with Crippen molar-refractivity contribution < 1.29 is 14.3 Å². The summed E-state index contributed by atoms with van der Waals surface area (Å²) < 4.78 is 4.74. The summed E-state index contributed by atoms with van der Waals surface area (Å²) in [5.74, 6) is -0.639. The monoisotopic (exact) mass is 226 g/mol. The molecule has 1 heterocycles. The molecule has 0 aromatic rings. The van der Waals surface area contributed by atoms with Gasteiger partial charge in [0.05, 0.1) is 12.6 Å². The second-order valence-corrected chi connectivity index (χ2v) is 3.71. The SMILES string of the molecule is CCOC(=O)/C=C/CN1CCCC1C(N)=O. The summed E-state index contributed by atoms with van der Waals surface area (Å²) in [6.45, 7) is 3.54. The van der Waals surface area contributed by atoms with Crippen molar-refractivity contribution in [2.75, 3.05) is 19.7 Å². The zero-order valence-electron chi connectivity index (χ0n) is 9.52. The molecular formula is C11H18N2O3. The standard InChI is InChI=1S/C11H18N2O3/c1-2-16-10(14)6-4-8-13-7-3-5-9(13)11(12)15/h4,6,9H,2-3,5,7-8H2,1H3,(H2,12,15)/b6-4+. The second-order valence-electron chi connectivity index (χ2n) is 3.71. The fourth-order valence-corrected chi connectivity index (χ4v) is 1.84. The zero-order valence-corrected chi connectivity index (χ0v) is 9.52. The molecule has 1 amide bonds. The fraction of sp³-hybridized carbons (Fsp3) is 0.636. The predicted octanol–water partition coefficient (Wildman–Crippen LogP) is 0.0554. The van der Waals surface area contributed by atoms with Gasteiger partial charge in [-0.2, -0.15) is 0 Å². The lowest BCUT2D eigenvalue weighted by Gasteiger charge is -2.19. The molecule has 0 radical (unpaired) electrons. The van der Waals surface area contributed by atoms with Crippen LogP contribution in [-0.2, 0) is 14.3 Å². The Balaban J connectivity index is 2.37. The van der Waals surface area contributed by atoms with Crippen molar-refractivity contribution in [3.63, 3.8) is 0 Å². The van der Waals surface area contributed by atoms with Crippen molar-refractivity contribution in [2.45, 2.75) is 25.8 Å². The van der Waals surface area contributed by atoms with Gasteiger partial charge in [-0.05, 0) is 26.3 Å². The third-order valence-corrected chi connectivity index (χ3v) is 2.57. The number of nitrogens with zero attached hydrogens (tertiary/aromatic N) is 1. The average Bonchev–Trinajstić information content (AvgIpc) is 2.66. The summed E-state index contributed by atoms with van der Waals surface area (Å²) >= 11 is 0. The summed E-state index contributed by atoms with van der Waals surface area (Å²) in [4.78, 5) is 24.1. The highest BCUT2D eigenvalue weighted by Gasteiger charge is 2.27. The highest BCUT2D eigenvalue weighted by molar-refractivity contribution is 5.82. The van der Waals surface area contributed by atoms with Gasteiger partial charge in [0.2, 0.25) is 5.91 Å². The number of hydrogen-bond acceptors (Lipinski definition) is 4. The quantitative estimate of drug-likeness (QED) is 0.531. The molecule has 1 fully saturated rings. The van der Waals surface area contributed by atoms with Crippen LogP contribution in [0.3, 0.4) is 0 Å². The van der Waals surface area contributed by atoms with E-state index in [2.05, 4.69) is 0 Å². The number of ether oxygens (including phenoxy) is 1. The van der Waals surface area contributed by atoms with Crippen molar-refractivity contribution in [1.82, 2.24) is 4.90 Å². The molecule has 90 valence electrons. The van der Waals surface area contributed by atoms with Gasteiger partial charge in [0, 0.05) is 12.6 Å². The molecule has 0 bridgehead atoms. The van der Waals surface area contributed by atoms with Crippen molar-refractivity contribution in [3.8, 4) is 0 Å². The molecule has 5 heteroatoms. The van der Waals surface area contributed by atoms with Gasteiger partial charge < -0.3 is 10.5 Å². The number of carbonyl (C=O) groups excluding carboxylic acids is 2. The molecule has 1 saturated heterocycles. The van der Waals surface area contributed by atoms with Crippen LogP contribution in [0.2, 0.25) is 0 Å². The zero-order chi connectivity index (χ0) is 12.0. The van der Waals surface area contributed by atoms with Gasteiger partial charge >= 0.3 is 5.97 Å². The third kappa shape index (κ3) is 3.66. The van der Waals surface area contributed by atoms with Crippen LogP contribution < -0.4 is 5.73 Å². The Morgan fingerprint density at radius 1 is 1.56 bits per heavy atom. The van der Waals surface area contributed by atoms with Crippen molar-refractivity contribution in [3.05, 3.63) is 12.2 Å². The molecule has 5 nitrogen and oxygen atoms in total. The molecule has 1 aliphatic heterocycles. The minimum atomic E-state index is -0.350. The summed E-state index contributed by atoms with van der Waals surface area (Å²) in [5.41, 5.74) is 5.27. The number of primary amides is 1. The maximum atomic E-state index is 11.1. The van der Waals surface area contributed by atoms with Crippen molar-refractivity contribution in [1.29, 1.82) is 0 Å². The number of amides is 1. The number of likely N-dealkylation sites (tertiary alicyclic amines) is 1. The number of esters is 1. The number of hydrogen-bond donors (Lipinski definition) is 1. The molecule has 0 saturated carbocycles. The van der Waals surface area contributed by atoms with E-state index in [9.17, 15) is 9.59 Å². The van der Waals surface area contributed by atoms with E-state index in [-0.39, 0.29) is 17.9 Å². The van der Waals surface area contributed by atoms with Crippen LogP contribution in [-0.4, -0.2) is 42.5 Å². The minimum absolute atomic E-state index is 0.188. The summed E-state index contributed by atoms with van der Waals surface area (Å²) in [6.07, 6.45) is 4.88. The minimum Gasteiger partial charge on any atom is -0.463 e. The first-order valence-electron chi connectivity index (χ1n) is 5.51. The molecule has 1 atom stereocenters. The van der Waals surface area contributed by atoms with Gasteiger partial charge in [-0.15, -0.1) is 0 Å². The Bertz CT molecular complexity index is 289. The molecule has 1 rings (SSSR count). The van der Waals surface area contributed by atoms with Crippen molar-refractivity contribution in [2.24, 2.45) is 5.73 Å². The average molecular weight is 226 g/mol. The van der Waals surface area contributed by atoms with Crippen molar-refractivity contribution >= 4 is 11.9 Å². The summed E-state index contributed by atoms with van der Waals surface area (Å²) in [6, 6.07) is -0.188. The van der Waals surface area contributed by atoms with E-state index in [1.807, 2.05) is 4.90 Å². The van der Waals surface area contributed by atoms with Crippen LogP contribution in [0.5, 0.6) is 0 Å². The van der Waals surface area contributed by atoms with Gasteiger partial charge in [0.15, 0.2) is 0 Å². The molecule has 16 heavy (non-hydrogen) atoms. The van der Waals surface area contributed by atoms with E-state index in [1.54, 1.807) is 13.0 Å². The van der Waals surface area contributed by atoms with E-state index in [1.165, 1.54) is 6.08 Å². The Morgan fingerprint density at radius 3 is 2.94 bits per heavy atom. The Kier molecular flexibility index (Phi) is 4.98. The Labute approximate surface area is 95.2 Å². The highest BCUT2D eigenvalue weighted by Crippen LogP contribution is 2.16. The molecule has 0 aliphatic carbocycles. The van der Waals surface area contributed by atoms with Crippen LogP contribution in [0.25, 0.3) is 0 Å². The van der Waals surface area contributed by atoms with Gasteiger partial charge in [0.1, 0.15) is 0 Å². The summed E-state index contributed by atoms with van der Waals surface area (Å²) in [5, 5.41) is 0. The number of carbonyl (C=O) groups is 2. The van der Waals surface area contributed by atoms with E-state index in [0.717, 1.165) is 19.4 Å². The van der Waals surface area contributed by atoms with E-state index in [0.29, 0.717) is 13.2 Å². The topological polar surface area (TPSA) is 72.6 Å². The smallest absolute Gasteiger partial charge is 0.330 e. The normalized spacial score (nSPS) is 21.4. The van der Waals surface area contributed by atoms with Gasteiger partial charge in [-0.25, -0.2) is 4.79 Å². The van der Waals surface area contributed by atoms with E-state index >= 15 is 0 Å². The Morgan fingerprint density at radius 2 is 2.31 bits per heavy atom. The lowest BCUT2D eigenvalue weighted by molar-refractivity contribution is -0.137. The number of nitrogens with two attached hydrogens (primary N) is 1. The lowest BCUT2D eigenvalue weighted by Crippen LogP contribution is -2.40. The largest absolute Gasteiger partial charge is 0.463 e. The molecule has 1 unspecified atom stereocenters. The molecular weight excluding hydrogens is 208 g/mol. The third-order valence-electron chi connectivity index (χ3n) is 2.57. The van der Waals surface area contributed by atoms with Crippen LogP contribution in [0.1, 0.15) is 19.8 Å². The van der Waals surface area contributed by atoms with Crippen LogP contribution in [0.4, 0.5) is 0 Å². The van der Waals surface area contributed by atoms with Gasteiger partial charge in [-0.3, -0.25) is 9.69 Å². The molecule has 1 aliphatic rings. The first kappa shape index (κ1) is 12.7. The highest BCUT2D eigenvalue weighted by atomic mass is 16.5. The maximum Gasteiger partial charge on any atom is 0.330 e. The summed E-state index contributed by atoms with van der Waals surface area (Å²) in [7, 11) is 0. The predicted molar refractivity (Wildman–Crippen MR) is 59.6 cm³/mol.